The summed E-state index contributed by atoms with van der Waals surface area (Å²) in [5.41, 5.74) is 0.272. The number of hydrogen-bond acceptors (Lipinski definition) is 6. The fourth-order valence-electron chi connectivity index (χ4n) is 3.59. The maximum atomic E-state index is 13.3. The molecule has 4 rings (SSSR count). The molecule has 0 radical (unpaired) electrons. The highest BCUT2D eigenvalue weighted by molar-refractivity contribution is 7.90. The first kappa shape index (κ1) is 21.2. The number of benzene rings is 1. The minimum atomic E-state index is -4.07. The van der Waals surface area contributed by atoms with Crippen LogP contribution >= 0.6 is 0 Å². The molecule has 1 amide bonds. The van der Waals surface area contributed by atoms with Gasteiger partial charge in [0.1, 0.15) is 5.75 Å². The summed E-state index contributed by atoms with van der Waals surface area (Å²) in [4.78, 5) is 20.5. The quantitative estimate of drug-likeness (QED) is 0.553. The standard InChI is InChI=1S/C22H25N3O5S/c1-14(2)13-30-18-12-24-20(29-3)11-16(18)22(8-9-22)21(26)25-31(27,28)19-6-4-5-17-15(19)7-10-23-17/h4-7,10-12,14,23H,8-9,13H2,1-3H3,(H,25,26). The summed E-state index contributed by atoms with van der Waals surface area (Å²) in [6.45, 7) is 4.49. The van der Waals surface area contributed by atoms with E-state index in [9.17, 15) is 13.2 Å². The summed E-state index contributed by atoms with van der Waals surface area (Å²) in [5.74, 6) is 0.502. The number of ether oxygens (including phenoxy) is 2. The summed E-state index contributed by atoms with van der Waals surface area (Å²) in [7, 11) is -2.58. The third-order valence-electron chi connectivity index (χ3n) is 5.40. The van der Waals surface area contributed by atoms with E-state index in [1.165, 1.54) is 19.4 Å². The van der Waals surface area contributed by atoms with Crippen molar-refractivity contribution < 1.29 is 22.7 Å². The Morgan fingerprint density at radius 2 is 2.06 bits per heavy atom. The van der Waals surface area contributed by atoms with E-state index < -0.39 is 21.3 Å². The van der Waals surface area contributed by atoms with Gasteiger partial charge in [0.05, 0.1) is 30.2 Å². The van der Waals surface area contributed by atoms with Crippen LogP contribution in [0.4, 0.5) is 0 Å². The third kappa shape index (κ3) is 3.97. The van der Waals surface area contributed by atoms with Gasteiger partial charge in [0.2, 0.25) is 11.8 Å². The molecule has 2 aromatic heterocycles. The zero-order valence-corrected chi connectivity index (χ0v) is 18.5. The van der Waals surface area contributed by atoms with E-state index in [-0.39, 0.29) is 10.8 Å². The average Bonchev–Trinajstić information content (AvgIpc) is 3.41. The zero-order chi connectivity index (χ0) is 22.2. The van der Waals surface area contributed by atoms with Crippen LogP contribution in [0.25, 0.3) is 10.9 Å². The fraction of sp³-hybridized carbons (Fsp3) is 0.364. The minimum Gasteiger partial charge on any atom is -0.491 e. The molecule has 8 nitrogen and oxygen atoms in total. The van der Waals surface area contributed by atoms with Crippen molar-refractivity contribution in [2.24, 2.45) is 5.92 Å². The lowest BCUT2D eigenvalue weighted by molar-refractivity contribution is -0.121. The maximum absolute atomic E-state index is 13.3. The van der Waals surface area contributed by atoms with Crippen molar-refractivity contribution in [3.63, 3.8) is 0 Å². The second-order valence-electron chi connectivity index (χ2n) is 8.14. The van der Waals surface area contributed by atoms with Crippen LogP contribution in [0, 0.1) is 5.92 Å². The van der Waals surface area contributed by atoms with Gasteiger partial charge in [0, 0.05) is 28.7 Å². The van der Waals surface area contributed by atoms with Gasteiger partial charge in [-0.25, -0.2) is 18.1 Å². The van der Waals surface area contributed by atoms with Gasteiger partial charge in [-0.2, -0.15) is 0 Å². The molecule has 0 unspecified atom stereocenters. The van der Waals surface area contributed by atoms with Crippen molar-refractivity contribution in [1.29, 1.82) is 0 Å². The summed E-state index contributed by atoms with van der Waals surface area (Å²) < 4.78 is 39.5. The van der Waals surface area contributed by atoms with Crippen molar-refractivity contribution in [2.45, 2.75) is 37.0 Å². The number of methoxy groups -OCH3 is 1. The van der Waals surface area contributed by atoms with Crippen molar-refractivity contribution in [3.8, 4) is 11.6 Å². The van der Waals surface area contributed by atoms with E-state index >= 15 is 0 Å². The van der Waals surface area contributed by atoms with E-state index in [0.717, 1.165) is 0 Å². The topological polar surface area (TPSA) is 110 Å². The van der Waals surface area contributed by atoms with Gasteiger partial charge in [-0.1, -0.05) is 19.9 Å². The van der Waals surface area contributed by atoms with Crippen LogP contribution in [0.3, 0.4) is 0 Å². The number of nitrogens with one attached hydrogen (secondary N) is 2. The summed E-state index contributed by atoms with van der Waals surface area (Å²) >= 11 is 0. The molecule has 0 atom stereocenters. The Labute approximate surface area is 181 Å². The fourth-order valence-corrected chi connectivity index (χ4v) is 4.86. The van der Waals surface area contributed by atoms with Crippen LogP contribution in [0.15, 0.2) is 47.6 Å². The molecule has 31 heavy (non-hydrogen) atoms. The first-order valence-corrected chi connectivity index (χ1v) is 11.6. The molecule has 164 valence electrons. The Morgan fingerprint density at radius 3 is 2.74 bits per heavy atom. The second kappa shape index (κ2) is 7.88. The van der Waals surface area contributed by atoms with Gasteiger partial charge < -0.3 is 14.5 Å². The minimum absolute atomic E-state index is 0.0546. The Bertz CT molecular complexity index is 1230. The predicted octanol–water partition coefficient (Wildman–Crippen LogP) is 3.14. The van der Waals surface area contributed by atoms with E-state index in [0.29, 0.717) is 47.5 Å². The molecule has 2 N–H and O–H groups in total. The van der Waals surface area contributed by atoms with E-state index in [1.807, 2.05) is 13.8 Å². The van der Waals surface area contributed by atoms with Crippen LogP contribution in [-0.4, -0.2) is 38.0 Å². The Kier molecular flexibility index (Phi) is 5.38. The van der Waals surface area contributed by atoms with Crippen molar-refractivity contribution in [2.75, 3.05) is 13.7 Å². The largest absolute Gasteiger partial charge is 0.491 e. The third-order valence-corrected chi connectivity index (χ3v) is 6.78. The van der Waals surface area contributed by atoms with Gasteiger partial charge in [-0.3, -0.25) is 4.79 Å². The first-order chi connectivity index (χ1) is 14.8. The second-order valence-corrected chi connectivity index (χ2v) is 9.79. The van der Waals surface area contributed by atoms with Gasteiger partial charge in [-0.15, -0.1) is 0 Å². The number of amides is 1. The number of fused-ring (bicyclic) bond motifs is 1. The van der Waals surface area contributed by atoms with Gasteiger partial charge >= 0.3 is 0 Å². The lowest BCUT2D eigenvalue weighted by atomic mass is 9.95. The average molecular weight is 444 g/mol. The Balaban J connectivity index is 1.67. The highest BCUT2D eigenvalue weighted by Gasteiger charge is 2.54. The molecule has 1 aliphatic rings. The molecule has 0 saturated heterocycles. The lowest BCUT2D eigenvalue weighted by Crippen LogP contribution is -2.39. The summed E-state index contributed by atoms with van der Waals surface area (Å²) in [5, 5.41) is 0.527. The zero-order valence-electron chi connectivity index (χ0n) is 17.6. The first-order valence-electron chi connectivity index (χ1n) is 10.1. The number of H-pyrrole nitrogens is 1. The Morgan fingerprint density at radius 1 is 1.29 bits per heavy atom. The molecule has 1 saturated carbocycles. The lowest BCUT2D eigenvalue weighted by Gasteiger charge is -2.20. The molecular weight excluding hydrogens is 418 g/mol. The maximum Gasteiger partial charge on any atom is 0.264 e. The number of nitrogens with zero attached hydrogens (tertiary/aromatic N) is 1. The van der Waals surface area contributed by atoms with Gasteiger partial charge in [0.15, 0.2) is 0 Å². The molecule has 0 spiro atoms. The molecule has 1 aliphatic carbocycles. The van der Waals surface area contributed by atoms with E-state index in [2.05, 4.69) is 14.7 Å². The van der Waals surface area contributed by atoms with Gasteiger partial charge in [0.25, 0.3) is 10.0 Å². The number of hydrogen-bond donors (Lipinski definition) is 2. The molecule has 3 aromatic rings. The summed E-state index contributed by atoms with van der Waals surface area (Å²) in [6.07, 6.45) is 4.20. The molecule has 9 heteroatoms. The Hall–Kier alpha value is -3.07. The smallest absolute Gasteiger partial charge is 0.264 e. The molecule has 1 aromatic carbocycles. The van der Waals surface area contributed by atoms with Crippen LogP contribution in [0.1, 0.15) is 32.3 Å². The van der Waals surface area contributed by atoms with E-state index in [4.69, 9.17) is 9.47 Å². The number of rotatable bonds is 8. The monoisotopic (exact) mass is 443 g/mol. The molecular formula is C22H25N3O5S. The number of aromatic amines is 1. The number of pyridine rings is 1. The highest BCUT2D eigenvalue weighted by Crippen LogP contribution is 2.52. The van der Waals surface area contributed by atoms with Crippen molar-refractivity contribution in [3.05, 3.63) is 48.3 Å². The van der Waals surface area contributed by atoms with E-state index in [1.54, 1.807) is 30.5 Å². The SMILES string of the molecule is COc1cc(C2(C(=O)NS(=O)(=O)c3cccc4[nH]ccc34)CC2)c(OCC(C)C)cn1. The number of sulfonamides is 1. The predicted molar refractivity (Wildman–Crippen MR) is 116 cm³/mol. The van der Waals surface area contributed by atoms with Crippen LogP contribution in [0.2, 0.25) is 0 Å². The number of aromatic nitrogens is 2. The van der Waals surface area contributed by atoms with Crippen LogP contribution in [-0.2, 0) is 20.2 Å². The van der Waals surface area contributed by atoms with Crippen LogP contribution in [0.5, 0.6) is 11.6 Å². The van der Waals surface area contributed by atoms with Gasteiger partial charge in [-0.05, 0) is 37.0 Å². The molecule has 0 bridgehead atoms. The molecule has 0 aliphatic heterocycles. The number of carbonyl (C=O) groups excluding carboxylic acids is 1. The number of carbonyl (C=O) groups is 1. The molecule has 2 heterocycles. The van der Waals surface area contributed by atoms with Crippen molar-refractivity contribution >= 4 is 26.8 Å². The highest BCUT2D eigenvalue weighted by atomic mass is 32.2. The summed E-state index contributed by atoms with van der Waals surface area (Å²) in [6, 6.07) is 8.23. The van der Waals surface area contributed by atoms with Crippen LogP contribution < -0.4 is 14.2 Å². The normalized spacial score (nSPS) is 15.1. The molecule has 1 fully saturated rings. The van der Waals surface area contributed by atoms with Crippen molar-refractivity contribution in [1.82, 2.24) is 14.7 Å².